The molecule has 0 radical (unpaired) electrons. The summed E-state index contributed by atoms with van der Waals surface area (Å²) in [6, 6.07) is 8.73. The number of hydrogen-bond acceptors (Lipinski definition) is 3. The summed E-state index contributed by atoms with van der Waals surface area (Å²) in [7, 11) is 1.26. The van der Waals surface area contributed by atoms with Gasteiger partial charge < -0.3 is 9.84 Å². The van der Waals surface area contributed by atoms with E-state index < -0.39 is 6.56 Å². The molecule has 1 aromatic heterocycles. The maximum absolute atomic E-state index is 11.8. The number of phenolic OH excluding ortho intramolecular Hbond substituents is 1. The Bertz CT molecular complexity index is 635. The van der Waals surface area contributed by atoms with Gasteiger partial charge >= 0.3 is 0 Å². The second-order valence-electron chi connectivity index (χ2n) is 3.45. The fourth-order valence-corrected chi connectivity index (χ4v) is 1.48. The van der Waals surface area contributed by atoms with Gasteiger partial charge in [-0.15, -0.1) is 0 Å². The average Bonchev–Trinajstić information content (AvgIpc) is 2.40. The van der Waals surface area contributed by atoms with Gasteiger partial charge in [0.15, 0.2) is 0 Å². The predicted octanol–water partition coefficient (Wildman–Crippen LogP) is 1.69. The molecule has 0 fully saturated rings. The number of ether oxygens (including phenoxy) is 1. The Kier molecular flexibility index (Phi) is 2.57. The molecule has 0 unspecified atom stereocenters. The molecule has 88 valence electrons. The third-order valence-electron chi connectivity index (χ3n) is 2.26. The highest BCUT2D eigenvalue weighted by atomic mass is 16.5. The van der Waals surface area contributed by atoms with E-state index in [0.29, 0.717) is 5.69 Å². The number of rotatable bonds is 3. The molecule has 0 aliphatic carbocycles. The first-order valence-corrected chi connectivity index (χ1v) is 5.02. The van der Waals surface area contributed by atoms with E-state index in [1.807, 2.05) is 0 Å². The molecule has 0 spiro atoms. The molecule has 4 heteroatoms. The van der Waals surface area contributed by atoms with Gasteiger partial charge in [0, 0.05) is 25.1 Å². The summed E-state index contributed by atoms with van der Waals surface area (Å²) in [4.78, 5) is 11.8. The van der Waals surface area contributed by atoms with Gasteiger partial charge in [0.25, 0.3) is 5.56 Å². The first-order chi connectivity index (χ1) is 8.94. The van der Waals surface area contributed by atoms with Gasteiger partial charge in [0.2, 0.25) is 0 Å². The fraction of sp³-hybridized carbons (Fsp3) is 0.154. The third-order valence-corrected chi connectivity index (χ3v) is 2.26. The molecule has 1 heterocycles. The number of nitrogens with zero attached hydrogens (tertiary/aromatic N) is 1. The van der Waals surface area contributed by atoms with E-state index in [-0.39, 0.29) is 16.9 Å². The normalized spacial score (nSPS) is 13.0. The van der Waals surface area contributed by atoms with Gasteiger partial charge in [-0.05, 0) is 35.9 Å². The van der Waals surface area contributed by atoms with Crippen molar-refractivity contribution in [2.75, 3.05) is 7.11 Å². The molecular formula is C13H13NO3. The Morgan fingerprint density at radius 3 is 2.65 bits per heavy atom. The van der Waals surface area contributed by atoms with Crippen LogP contribution in [0, 0.1) is 0 Å². The van der Waals surface area contributed by atoms with E-state index >= 15 is 0 Å². The van der Waals surface area contributed by atoms with Crippen molar-refractivity contribution in [3.63, 3.8) is 0 Å². The molecule has 1 aromatic carbocycles. The summed E-state index contributed by atoms with van der Waals surface area (Å²) in [5.74, 6) is 0.0974. The van der Waals surface area contributed by atoms with E-state index in [4.69, 9.17) is 7.48 Å². The van der Waals surface area contributed by atoms with Gasteiger partial charge in [-0.2, -0.15) is 0 Å². The minimum absolute atomic E-state index is 0.0974. The predicted molar refractivity (Wildman–Crippen MR) is 64.4 cm³/mol. The largest absolute Gasteiger partial charge is 0.508 e. The van der Waals surface area contributed by atoms with Crippen LogP contribution < -0.4 is 5.56 Å². The molecule has 2 aromatic rings. The molecule has 1 N–H and O–H groups in total. The van der Waals surface area contributed by atoms with E-state index in [0.717, 1.165) is 0 Å². The molecule has 17 heavy (non-hydrogen) atoms. The highest BCUT2D eigenvalue weighted by Crippen LogP contribution is 2.12. The highest BCUT2D eigenvalue weighted by Gasteiger charge is 2.01. The third kappa shape index (κ3) is 2.54. The molecule has 0 bridgehead atoms. The summed E-state index contributed by atoms with van der Waals surface area (Å²) >= 11 is 0. The average molecular weight is 233 g/mol. The van der Waals surface area contributed by atoms with Gasteiger partial charge in [-0.3, -0.25) is 9.36 Å². The lowest BCUT2D eigenvalue weighted by atomic mass is 10.2. The summed E-state index contributed by atoms with van der Waals surface area (Å²) in [6.07, 6.45) is 1.39. The van der Waals surface area contributed by atoms with Crippen LogP contribution in [0.3, 0.4) is 0 Å². The molecule has 0 saturated carbocycles. The molecule has 2 rings (SSSR count). The standard InChI is InChI=1S/C13H13NO3/c1-17-9-10-2-7-13(16)14(8-10)11-3-5-12(15)6-4-11/h2-8,15H,9H2,1H3/i9D2. The molecule has 4 nitrogen and oxygen atoms in total. The van der Waals surface area contributed by atoms with Gasteiger partial charge in [-0.25, -0.2) is 0 Å². The van der Waals surface area contributed by atoms with E-state index in [1.165, 1.54) is 42.1 Å². The quantitative estimate of drug-likeness (QED) is 0.877. The van der Waals surface area contributed by atoms with Crippen LogP contribution in [-0.4, -0.2) is 16.8 Å². The topological polar surface area (TPSA) is 51.5 Å². The van der Waals surface area contributed by atoms with Gasteiger partial charge in [0.05, 0.1) is 9.30 Å². The van der Waals surface area contributed by atoms with E-state index in [2.05, 4.69) is 0 Å². The Morgan fingerprint density at radius 1 is 1.29 bits per heavy atom. The number of aromatic hydroxyl groups is 1. The summed E-state index contributed by atoms with van der Waals surface area (Å²) in [5, 5.41) is 9.23. The SMILES string of the molecule is [2H]C([2H])(OC)c1ccc(=O)n(-c2ccc(O)cc2)c1. The maximum Gasteiger partial charge on any atom is 0.255 e. The van der Waals surface area contributed by atoms with Crippen LogP contribution in [0.15, 0.2) is 47.4 Å². The molecule has 0 aliphatic rings. The Labute approximate surface area is 102 Å². The van der Waals surface area contributed by atoms with E-state index in [9.17, 15) is 9.90 Å². The summed E-state index contributed by atoms with van der Waals surface area (Å²) < 4.78 is 21.4. The highest BCUT2D eigenvalue weighted by molar-refractivity contribution is 5.37. The van der Waals surface area contributed by atoms with Gasteiger partial charge in [0.1, 0.15) is 5.75 Å². The number of aromatic nitrogens is 1. The van der Waals surface area contributed by atoms with Crippen LogP contribution in [0.25, 0.3) is 5.69 Å². The Hall–Kier alpha value is -2.07. The monoisotopic (exact) mass is 233 g/mol. The number of methoxy groups -OCH3 is 1. The number of pyridine rings is 1. The van der Waals surface area contributed by atoms with Crippen LogP contribution in [0.4, 0.5) is 0 Å². The zero-order valence-corrected chi connectivity index (χ0v) is 9.25. The van der Waals surface area contributed by atoms with Crippen LogP contribution in [0.5, 0.6) is 5.75 Å². The number of hydrogen-bond donors (Lipinski definition) is 1. The molecule has 0 saturated heterocycles. The van der Waals surface area contributed by atoms with Crippen molar-refractivity contribution in [1.29, 1.82) is 0 Å². The first kappa shape index (κ1) is 9.01. The zero-order chi connectivity index (χ0) is 14.0. The van der Waals surface area contributed by atoms with Crippen molar-refractivity contribution < 1.29 is 12.6 Å². The summed E-state index contributed by atoms with van der Waals surface area (Å²) in [5.41, 5.74) is 0.487. The maximum atomic E-state index is 11.8. The molecule has 0 aliphatic heterocycles. The molecule has 0 amide bonds. The first-order valence-electron chi connectivity index (χ1n) is 6.02. The summed E-state index contributed by atoms with van der Waals surface area (Å²) in [6.45, 7) is -1.97. The van der Waals surface area contributed by atoms with Crippen LogP contribution in [0.2, 0.25) is 0 Å². The fourth-order valence-electron chi connectivity index (χ4n) is 1.48. The van der Waals surface area contributed by atoms with Gasteiger partial charge in [-0.1, -0.05) is 0 Å². The van der Waals surface area contributed by atoms with Crippen molar-refractivity contribution in [1.82, 2.24) is 4.57 Å². The van der Waals surface area contributed by atoms with Crippen LogP contribution in [-0.2, 0) is 11.3 Å². The van der Waals surface area contributed by atoms with Crippen molar-refractivity contribution in [2.45, 2.75) is 6.56 Å². The number of benzene rings is 1. The Balaban J connectivity index is 2.55. The minimum Gasteiger partial charge on any atom is -0.508 e. The van der Waals surface area contributed by atoms with Crippen molar-refractivity contribution in [2.24, 2.45) is 0 Å². The second-order valence-corrected chi connectivity index (χ2v) is 3.45. The number of phenols is 1. The zero-order valence-electron chi connectivity index (χ0n) is 11.3. The smallest absolute Gasteiger partial charge is 0.255 e. The lowest BCUT2D eigenvalue weighted by Gasteiger charge is -2.07. The van der Waals surface area contributed by atoms with Crippen molar-refractivity contribution >= 4 is 0 Å². The van der Waals surface area contributed by atoms with Crippen molar-refractivity contribution in [3.8, 4) is 11.4 Å². The molecular weight excluding hydrogens is 218 g/mol. The molecule has 0 atom stereocenters. The van der Waals surface area contributed by atoms with Crippen molar-refractivity contribution in [3.05, 3.63) is 58.5 Å². The van der Waals surface area contributed by atoms with Crippen LogP contribution >= 0.6 is 0 Å². The van der Waals surface area contributed by atoms with E-state index in [1.54, 1.807) is 12.1 Å². The van der Waals surface area contributed by atoms with Crippen LogP contribution in [0.1, 0.15) is 8.30 Å². The minimum atomic E-state index is -1.97. The lowest BCUT2D eigenvalue weighted by molar-refractivity contribution is 0.184. The Morgan fingerprint density at radius 2 is 2.00 bits per heavy atom. The lowest BCUT2D eigenvalue weighted by Crippen LogP contribution is -2.17. The second kappa shape index (κ2) is 4.84.